The minimum atomic E-state index is -0.636. The molecule has 0 amide bonds. The molecular formula is C24H21BrN2O4S. The van der Waals surface area contributed by atoms with Gasteiger partial charge in [0.25, 0.3) is 5.56 Å². The van der Waals surface area contributed by atoms with Gasteiger partial charge in [-0.1, -0.05) is 51.5 Å². The van der Waals surface area contributed by atoms with Crippen molar-refractivity contribution < 1.29 is 14.3 Å². The van der Waals surface area contributed by atoms with Gasteiger partial charge < -0.3 is 9.47 Å². The summed E-state index contributed by atoms with van der Waals surface area (Å²) in [5.41, 5.74) is 2.38. The maximum absolute atomic E-state index is 13.5. The number of fused-ring (bicyclic) bond motifs is 1. The Balaban J connectivity index is 1.93. The van der Waals surface area contributed by atoms with Crippen molar-refractivity contribution in [3.8, 4) is 5.75 Å². The number of halogens is 1. The average molecular weight is 513 g/mol. The summed E-state index contributed by atoms with van der Waals surface area (Å²) in [5.74, 6) is 0.214. The SMILES string of the molecule is CCOC(=O)C1=C(C)N=c2s/c(=C\c3ccc(Br)cc3)c(=O)n2[C@H]1c1ccc(OC)cc1. The van der Waals surface area contributed by atoms with E-state index in [4.69, 9.17) is 9.47 Å². The van der Waals surface area contributed by atoms with Crippen LogP contribution < -0.4 is 19.6 Å². The summed E-state index contributed by atoms with van der Waals surface area (Å²) < 4.78 is 13.7. The lowest BCUT2D eigenvalue weighted by Crippen LogP contribution is -2.39. The number of carbonyl (C=O) groups excluding carboxylic acids is 1. The molecule has 0 spiro atoms. The summed E-state index contributed by atoms with van der Waals surface area (Å²) in [4.78, 5) is 31.5. The molecule has 0 aliphatic carbocycles. The molecule has 0 saturated carbocycles. The first-order chi connectivity index (χ1) is 15.4. The van der Waals surface area contributed by atoms with Crippen molar-refractivity contribution in [3.63, 3.8) is 0 Å². The van der Waals surface area contributed by atoms with Crippen molar-refractivity contribution in [2.75, 3.05) is 13.7 Å². The van der Waals surface area contributed by atoms with E-state index in [1.165, 1.54) is 11.3 Å². The first-order valence-electron chi connectivity index (χ1n) is 10.0. The van der Waals surface area contributed by atoms with E-state index in [9.17, 15) is 9.59 Å². The van der Waals surface area contributed by atoms with Gasteiger partial charge in [0.1, 0.15) is 5.75 Å². The van der Waals surface area contributed by atoms with Crippen molar-refractivity contribution in [1.29, 1.82) is 0 Å². The van der Waals surface area contributed by atoms with Crippen LogP contribution in [0.15, 0.2) is 74.1 Å². The number of carbonyl (C=O) groups is 1. The molecule has 0 fully saturated rings. The number of allylic oxidation sites excluding steroid dienone is 1. The Kier molecular flexibility index (Phi) is 6.43. The highest BCUT2D eigenvalue weighted by Gasteiger charge is 2.33. The van der Waals surface area contributed by atoms with Gasteiger partial charge in [0.15, 0.2) is 4.80 Å². The molecule has 164 valence electrons. The third-order valence-electron chi connectivity index (χ3n) is 5.12. The van der Waals surface area contributed by atoms with Gasteiger partial charge in [0.2, 0.25) is 0 Å². The zero-order valence-corrected chi connectivity index (χ0v) is 20.2. The number of hydrogen-bond acceptors (Lipinski definition) is 6. The van der Waals surface area contributed by atoms with Gasteiger partial charge in [-0.15, -0.1) is 0 Å². The van der Waals surface area contributed by atoms with Crippen molar-refractivity contribution >= 4 is 39.3 Å². The van der Waals surface area contributed by atoms with Crippen molar-refractivity contribution in [3.05, 3.63) is 95.1 Å². The summed E-state index contributed by atoms with van der Waals surface area (Å²) in [6.45, 7) is 3.76. The van der Waals surface area contributed by atoms with Gasteiger partial charge >= 0.3 is 5.97 Å². The van der Waals surface area contributed by atoms with Crippen LogP contribution in [-0.4, -0.2) is 24.3 Å². The number of aromatic nitrogens is 1. The highest BCUT2D eigenvalue weighted by atomic mass is 79.9. The van der Waals surface area contributed by atoms with Crippen LogP contribution in [0.2, 0.25) is 0 Å². The van der Waals surface area contributed by atoms with E-state index in [-0.39, 0.29) is 12.2 Å². The second-order valence-electron chi connectivity index (χ2n) is 7.13. The molecule has 0 unspecified atom stereocenters. The van der Waals surface area contributed by atoms with Crippen LogP contribution in [0.3, 0.4) is 0 Å². The number of hydrogen-bond donors (Lipinski definition) is 0. The minimum Gasteiger partial charge on any atom is -0.497 e. The highest BCUT2D eigenvalue weighted by Crippen LogP contribution is 2.31. The van der Waals surface area contributed by atoms with E-state index in [0.29, 0.717) is 26.4 Å². The Bertz CT molecular complexity index is 1370. The standard InChI is InChI=1S/C24H21BrN2O4S/c1-4-31-23(29)20-14(2)26-24-27(21(20)16-7-11-18(30-3)12-8-16)22(28)19(32-24)13-15-5-9-17(25)10-6-15/h5-13,21H,4H2,1-3H3/b19-13-/t21-/m0/s1. The molecule has 1 aliphatic rings. The second kappa shape index (κ2) is 9.26. The smallest absolute Gasteiger partial charge is 0.338 e. The van der Waals surface area contributed by atoms with E-state index in [1.54, 1.807) is 25.5 Å². The van der Waals surface area contributed by atoms with Crippen molar-refractivity contribution in [1.82, 2.24) is 4.57 Å². The van der Waals surface area contributed by atoms with Crippen LogP contribution in [0.25, 0.3) is 6.08 Å². The van der Waals surface area contributed by atoms with E-state index in [1.807, 2.05) is 54.6 Å². The Morgan fingerprint density at radius 1 is 1.19 bits per heavy atom. The van der Waals surface area contributed by atoms with Gasteiger partial charge in [-0.2, -0.15) is 0 Å². The molecule has 0 radical (unpaired) electrons. The van der Waals surface area contributed by atoms with E-state index < -0.39 is 12.0 Å². The Morgan fingerprint density at radius 2 is 1.88 bits per heavy atom. The van der Waals surface area contributed by atoms with Gasteiger partial charge in [0.05, 0.1) is 35.6 Å². The number of nitrogens with zero attached hydrogens (tertiary/aromatic N) is 2. The van der Waals surface area contributed by atoms with Gasteiger partial charge in [-0.3, -0.25) is 9.36 Å². The molecule has 3 aromatic rings. The van der Waals surface area contributed by atoms with Gasteiger partial charge in [-0.05, 0) is 55.3 Å². The lowest BCUT2D eigenvalue weighted by atomic mass is 9.96. The molecule has 4 rings (SSSR count). The molecule has 8 heteroatoms. The summed E-state index contributed by atoms with van der Waals surface area (Å²) >= 11 is 4.73. The van der Waals surface area contributed by atoms with Crippen LogP contribution in [0.4, 0.5) is 0 Å². The molecule has 32 heavy (non-hydrogen) atoms. The Labute approximate surface area is 197 Å². The number of benzene rings is 2. The molecule has 2 heterocycles. The fraction of sp³-hybridized carbons (Fsp3) is 0.208. The maximum Gasteiger partial charge on any atom is 0.338 e. The number of ether oxygens (including phenoxy) is 2. The highest BCUT2D eigenvalue weighted by molar-refractivity contribution is 9.10. The van der Waals surface area contributed by atoms with Crippen LogP contribution in [0, 0.1) is 0 Å². The predicted octanol–water partition coefficient (Wildman–Crippen LogP) is 3.57. The topological polar surface area (TPSA) is 69.9 Å². The summed E-state index contributed by atoms with van der Waals surface area (Å²) in [6.07, 6.45) is 1.84. The molecule has 1 atom stereocenters. The quantitative estimate of drug-likeness (QED) is 0.490. The number of esters is 1. The molecule has 0 bridgehead atoms. The second-order valence-corrected chi connectivity index (χ2v) is 9.05. The maximum atomic E-state index is 13.5. The molecule has 1 aliphatic heterocycles. The van der Waals surface area contributed by atoms with E-state index >= 15 is 0 Å². The van der Waals surface area contributed by atoms with E-state index in [2.05, 4.69) is 20.9 Å². The number of thiazole rings is 1. The van der Waals surface area contributed by atoms with Crippen molar-refractivity contribution in [2.24, 2.45) is 4.99 Å². The predicted molar refractivity (Wildman–Crippen MR) is 128 cm³/mol. The van der Waals surface area contributed by atoms with Crippen LogP contribution in [0.1, 0.15) is 31.0 Å². The zero-order valence-electron chi connectivity index (χ0n) is 17.8. The van der Waals surface area contributed by atoms with Crippen LogP contribution in [0.5, 0.6) is 5.75 Å². The van der Waals surface area contributed by atoms with Gasteiger partial charge in [-0.25, -0.2) is 9.79 Å². The largest absolute Gasteiger partial charge is 0.497 e. The molecule has 0 saturated heterocycles. The molecule has 2 aromatic carbocycles. The zero-order chi connectivity index (χ0) is 22.8. The minimum absolute atomic E-state index is 0.202. The van der Waals surface area contributed by atoms with Crippen LogP contribution in [-0.2, 0) is 9.53 Å². The summed E-state index contributed by atoms with van der Waals surface area (Å²) in [5, 5.41) is 0. The number of rotatable bonds is 5. The van der Waals surface area contributed by atoms with Gasteiger partial charge in [0, 0.05) is 4.47 Å². The first kappa shape index (κ1) is 22.2. The van der Waals surface area contributed by atoms with E-state index in [0.717, 1.165) is 15.6 Å². The molecular weight excluding hydrogens is 492 g/mol. The monoisotopic (exact) mass is 512 g/mol. The number of methoxy groups -OCH3 is 1. The Hall–Kier alpha value is -2.97. The third-order valence-corrected chi connectivity index (χ3v) is 6.63. The molecule has 6 nitrogen and oxygen atoms in total. The van der Waals surface area contributed by atoms with Crippen molar-refractivity contribution in [2.45, 2.75) is 19.9 Å². The molecule has 0 N–H and O–H groups in total. The fourth-order valence-corrected chi connectivity index (χ4v) is 4.91. The lowest BCUT2D eigenvalue weighted by molar-refractivity contribution is -0.139. The Morgan fingerprint density at radius 3 is 2.50 bits per heavy atom. The van der Waals surface area contributed by atoms with Crippen LogP contribution >= 0.6 is 27.3 Å². The summed E-state index contributed by atoms with van der Waals surface area (Å²) in [7, 11) is 1.59. The average Bonchev–Trinajstić information content (AvgIpc) is 3.09. The molecule has 1 aromatic heterocycles. The fourth-order valence-electron chi connectivity index (χ4n) is 3.60. The summed E-state index contributed by atoms with van der Waals surface area (Å²) in [6, 6.07) is 14.4. The normalized spacial score (nSPS) is 15.9. The third kappa shape index (κ3) is 4.20. The lowest BCUT2D eigenvalue weighted by Gasteiger charge is -2.24. The first-order valence-corrected chi connectivity index (χ1v) is 11.6.